The molecule has 2 aromatic heterocycles. The summed E-state index contributed by atoms with van der Waals surface area (Å²) in [6.07, 6.45) is 5.05. The van der Waals surface area contributed by atoms with E-state index in [1.807, 2.05) is 6.07 Å². The van der Waals surface area contributed by atoms with Crippen LogP contribution < -0.4 is 10.1 Å². The number of hydrogen-bond donors (Lipinski definition) is 2. The van der Waals surface area contributed by atoms with E-state index >= 15 is 0 Å². The second-order valence-corrected chi connectivity index (χ2v) is 6.28. The van der Waals surface area contributed by atoms with Crippen LogP contribution in [0.25, 0.3) is 21.9 Å². The lowest BCUT2D eigenvalue weighted by Gasteiger charge is -2.09. The van der Waals surface area contributed by atoms with Gasteiger partial charge in [-0.25, -0.2) is 9.37 Å². The molecular weight excluding hydrogens is 359 g/mol. The van der Waals surface area contributed by atoms with Crippen LogP contribution in [0.2, 0.25) is 0 Å². The number of pyridine rings is 1. The number of halogens is 1. The number of rotatable bonds is 5. The lowest BCUT2D eigenvalue weighted by Crippen LogP contribution is -2.16. The van der Waals surface area contributed by atoms with Crippen LogP contribution >= 0.6 is 0 Å². The molecule has 0 spiro atoms. The van der Waals surface area contributed by atoms with Gasteiger partial charge in [-0.2, -0.15) is 5.10 Å². The molecule has 4 rings (SSSR count). The maximum atomic E-state index is 15.0. The Labute approximate surface area is 160 Å². The zero-order chi connectivity index (χ0) is 19.5. The highest BCUT2D eigenvalue weighted by atomic mass is 19.1. The van der Waals surface area contributed by atoms with E-state index in [4.69, 9.17) is 4.74 Å². The first-order valence-electron chi connectivity index (χ1n) is 8.64. The zero-order valence-corrected chi connectivity index (χ0v) is 15.1. The first kappa shape index (κ1) is 17.7. The minimum absolute atomic E-state index is 0.0876. The Bertz CT molecular complexity index is 1130. The number of aromatic nitrogens is 3. The molecule has 0 fully saturated rings. The van der Waals surface area contributed by atoms with Crippen molar-refractivity contribution in [3.05, 3.63) is 72.4 Å². The van der Waals surface area contributed by atoms with E-state index in [9.17, 15) is 9.18 Å². The quantitative estimate of drug-likeness (QED) is 0.553. The van der Waals surface area contributed by atoms with Gasteiger partial charge in [0, 0.05) is 28.7 Å². The molecule has 0 aliphatic carbocycles. The number of methoxy groups -OCH3 is 1. The molecule has 0 radical (unpaired) electrons. The third-order valence-electron chi connectivity index (χ3n) is 4.44. The van der Waals surface area contributed by atoms with Gasteiger partial charge in [-0.1, -0.05) is 24.3 Å². The molecule has 6 nitrogen and oxygen atoms in total. The van der Waals surface area contributed by atoms with Crippen LogP contribution in [0.15, 0.2) is 61.1 Å². The second kappa shape index (κ2) is 7.48. The Morgan fingerprint density at radius 2 is 1.96 bits per heavy atom. The van der Waals surface area contributed by atoms with E-state index in [0.717, 1.165) is 16.7 Å². The van der Waals surface area contributed by atoms with E-state index in [2.05, 4.69) is 20.5 Å². The summed E-state index contributed by atoms with van der Waals surface area (Å²) in [7, 11) is 1.58. The molecule has 0 saturated heterocycles. The van der Waals surface area contributed by atoms with Crippen LogP contribution in [0.3, 0.4) is 0 Å². The molecule has 140 valence electrons. The molecule has 2 aromatic carbocycles. The molecule has 7 heteroatoms. The molecule has 0 saturated carbocycles. The van der Waals surface area contributed by atoms with E-state index < -0.39 is 5.82 Å². The van der Waals surface area contributed by atoms with Gasteiger partial charge in [-0.15, -0.1) is 0 Å². The van der Waals surface area contributed by atoms with Crippen molar-refractivity contribution in [1.29, 1.82) is 0 Å². The van der Waals surface area contributed by atoms with Crippen molar-refractivity contribution in [3.8, 4) is 16.9 Å². The van der Waals surface area contributed by atoms with Crippen molar-refractivity contribution in [1.82, 2.24) is 15.2 Å². The molecule has 0 atom stereocenters. The van der Waals surface area contributed by atoms with Crippen molar-refractivity contribution in [2.24, 2.45) is 0 Å². The highest BCUT2D eigenvalue weighted by molar-refractivity contribution is 5.95. The zero-order valence-electron chi connectivity index (χ0n) is 15.1. The number of nitrogens with zero attached hydrogens (tertiary/aromatic N) is 2. The number of anilines is 1. The number of carbonyl (C=O) groups excluding carboxylic acids is 1. The Kier molecular flexibility index (Phi) is 4.72. The minimum Gasteiger partial charge on any atom is -0.497 e. The summed E-state index contributed by atoms with van der Waals surface area (Å²) in [6, 6.07) is 12.5. The molecule has 0 aliphatic rings. The van der Waals surface area contributed by atoms with Crippen molar-refractivity contribution < 1.29 is 13.9 Å². The Morgan fingerprint density at radius 1 is 1.14 bits per heavy atom. The summed E-state index contributed by atoms with van der Waals surface area (Å²) >= 11 is 0. The van der Waals surface area contributed by atoms with Crippen LogP contribution in [-0.2, 0) is 11.2 Å². The average molecular weight is 376 g/mol. The van der Waals surface area contributed by atoms with Gasteiger partial charge < -0.3 is 10.1 Å². The molecule has 1 amide bonds. The van der Waals surface area contributed by atoms with E-state index in [1.54, 1.807) is 62.1 Å². The minimum atomic E-state index is -0.564. The summed E-state index contributed by atoms with van der Waals surface area (Å²) in [5, 5.41) is 10.2. The lowest BCUT2D eigenvalue weighted by atomic mass is 10.0. The van der Waals surface area contributed by atoms with E-state index in [0.29, 0.717) is 16.5 Å². The Hall–Kier alpha value is -3.74. The van der Waals surface area contributed by atoms with Gasteiger partial charge in [0.05, 0.1) is 19.7 Å². The predicted molar refractivity (Wildman–Crippen MR) is 105 cm³/mol. The molecule has 0 unspecified atom stereocenters. The summed E-state index contributed by atoms with van der Waals surface area (Å²) < 4.78 is 20.1. The molecular formula is C21H17FN4O2. The van der Waals surface area contributed by atoms with Gasteiger partial charge in [0.2, 0.25) is 5.91 Å². The normalized spacial score (nSPS) is 10.8. The molecule has 2 heterocycles. The largest absolute Gasteiger partial charge is 0.497 e. The topological polar surface area (TPSA) is 79.9 Å². The smallest absolute Gasteiger partial charge is 0.230 e. The first-order chi connectivity index (χ1) is 13.6. The third kappa shape index (κ3) is 3.55. The number of amides is 1. The number of aromatic amines is 1. The highest BCUT2D eigenvalue weighted by Gasteiger charge is 2.13. The molecule has 0 aliphatic heterocycles. The number of nitrogens with one attached hydrogen (secondary N) is 2. The number of benzene rings is 2. The van der Waals surface area contributed by atoms with Crippen LogP contribution in [-0.4, -0.2) is 28.2 Å². The fourth-order valence-corrected chi connectivity index (χ4v) is 2.96. The third-order valence-corrected chi connectivity index (χ3v) is 4.44. The SMILES string of the molecule is COc1ccc(CC(=O)Nc2ncc3ccc(-c4cn[nH]c4)cc3c2F)cc1. The second-order valence-electron chi connectivity index (χ2n) is 6.28. The standard InChI is InChI=1S/C21H17FN4O2/c1-28-17-6-2-13(3-7-17)8-19(27)26-21-20(22)18-9-14(16-11-24-25-12-16)4-5-15(18)10-23-21/h2-7,9-12H,8H2,1H3,(H,24,25)(H,23,26,27). The van der Waals surface area contributed by atoms with Gasteiger partial charge >= 0.3 is 0 Å². The molecule has 0 bridgehead atoms. The number of fused-ring (bicyclic) bond motifs is 1. The van der Waals surface area contributed by atoms with Crippen LogP contribution in [0, 0.1) is 5.82 Å². The fraction of sp³-hybridized carbons (Fsp3) is 0.0952. The first-order valence-corrected chi connectivity index (χ1v) is 8.64. The highest BCUT2D eigenvalue weighted by Crippen LogP contribution is 2.28. The van der Waals surface area contributed by atoms with Crippen molar-refractivity contribution in [3.63, 3.8) is 0 Å². The van der Waals surface area contributed by atoms with Crippen molar-refractivity contribution in [2.45, 2.75) is 6.42 Å². The molecule has 28 heavy (non-hydrogen) atoms. The van der Waals surface area contributed by atoms with Crippen molar-refractivity contribution in [2.75, 3.05) is 12.4 Å². The summed E-state index contributed by atoms with van der Waals surface area (Å²) in [5.74, 6) is -0.289. The summed E-state index contributed by atoms with van der Waals surface area (Å²) in [6.45, 7) is 0. The number of carbonyl (C=O) groups is 1. The molecule has 4 aromatic rings. The summed E-state index contributed by atoms with van der Waals surface area (Å²) in [4.78, 5) is 16.4. The van der Waals surface area contributed by atoms with Gasteiger partial charge in [-0.05, 0) is 29.3 Å². The maximum absolute atomic E-state index is 15.0. The lowest BCUT2D eigenvalue weighted by molar-refractivity contribution is -0.115. The van der Waals surface area contributed by atoms with Crippen LogP contribution in [0.1, 0.15) is 5.56 Å². The van der Waals surface area contributed by atoms with Gasteiger partial charge in [0.25, 0.3) is 0 Å². The van der Waals surface area contributed by atoms with Gasteiger partial charge in [0.15, 0.2) is 11.6 Å². The Balaban J connectivity index is 1.57. The predicted octanol–water partition coefficient (Wildman–Crippen LogP) is 3.95. The van der Waals surface area contributed by atoms with Crippen LogP contribution in [0.5, 0.6) is 5.75 Å². The number of H-pyrrole nitrogens is 1. The number of ether oxygens (including phenoxy) is 1. The van der Waals surface area contributed by atoms with Crippen LogP contribution in [0.4, 0.5) is 10.2 Å². The van der Waals surface area contributed by atoms with E-state index in [-0.39, 0.29) is 18.1 Å². The summed E-state index contributed by atoms with van der Waals surface area (Å²) in [5.41, 5.74) is 2.46. The Morgan fingerprint density at radius 3 is 2.68 bits per heavy atom. The van der Waals surface area contributed by atoms with Gasteiger partial charge in [0.1, 0.15) is 5.75 Å². The van der Waals surface area contributed by atoms with E-state index in [1.165, 1.54) is 0 Å². The average Bonchev–Trinajstić information content (AvgIpc) is 3.25. The van der Waals surface area contributed by atoms with Gasteiger partial charge in [-0.3, -0.25) is 9.89 Å². The fourth-order valence-electron chi connectivity index (χ4n) is 2.96. The maximum Gasteiger partial charge on any atom is 0.230 e. The molecule has 2 N–H and O–H groups in total. The van der Waals surface area contributed by atoms with Crippen molar-refractivity contribution >= 4 is 22.5 Å². The number of hydrogen-bond acceptors (Lipinski definition) is 4. The monoisotopic (exact) mass is 376 g/mol.